The normalized spacial score (nSPS) is 21.9. The van der Waals surface area contributed by atoms with Gasteiger partial charge in [0.15, 0.2) is 0 Å². The second-order valence-corrected chi connectivity index (χ2v) is 4.95. The fourth-order valence-corrected chi connectivity index (χ4v) is 2.28. The van der Waals surface area contributed by atoms with E-state index in [0.29, 0.717) is 6.10 Å². The van der Waals surface area contributed by atoms with Crippen molar-refractivity contribution in [1.29, 1.82) is 0 Å². The van der Waals surface area contributed by atoms with Crippen molar-refractivity contribution < 1.29 is 4.74 Å². The van der Waals surface area contributed by atoms with E-state index in [2.05, 4.69) is 23.1 Å². The highest BCUT2D eigenvalue weighted by atomic mass is 32.2. The molecule has 4 heteroatoms. The highest BCUT2D eigenvalue weighted by Crippen LogP contribution is 2.03. The van der Waals surface area contributed by atoms with E-state index in [0.717, 1.165) is 50.8 Å². The number of ether oxygens (including phenoxy) is 1. The second-order valence-electron chi connectivity index (χ2n) is 3.85. The van der Waals surface area contributed by atoms with Gasteiger partial charge in [0, 0.05) is 31.9 Å². The SMILES string of the molecule is C#CCSCCNCC1CN(CC)CCO1. The first-order valence-corrected chi connectivity index (χ1v) is 7.08. The molecule has 0 aromatic heterocycles. The number of hydrogen-bond donors (Lipinski definition) is 1. The summed E-state index contributed by atoms with van der Waals surface area (Å²) in [5, 5.41) is 3.42. The van der Waals surface area contributed by atoms with Crippen molar-refractivity contribution in [3.8, 4) is 12.3 Å². The third-order valence-electron chi connectivity index (χ3n) is 2.65. The van der Waals surface area contributed by atoms with Gasteiger partial charge in [-0.25, -0.2) is 0 Å². The van der Waals surface area contributed by atoms with Crippen molar-refractivity contribution in [3.63, 3.8) is 0 Å². The molecule has 0 aliphatic carbocycles. The molecule has 0 amide bonds. The van der Waals surface area contributed by atoms with Gasteiger partial charge in [0.2, 0.25) is 0 Å². The molecule has 16 heavy (non-hydrogen) atoms. The molecule has 1 atom stereocenters. The Morgan fingerprint density at radius 1 is 1.62 bits per heavy atom. The summed E-state index contributed by atoms with van der Waals surface area (Å²) >= 11 is 1.80. The van der Waals surface area contributed by atoms with E-state index in [1.807, 2.05) is 0 Å². The van der Waals surface area contributed by atoms with Crippen molar-refractivity contribution in [2.75, 3.05) is 50.8 Å². The second kappa shape index (κ2) is 8.89. The van der Waals surface area contributed by atoms with Crippen LogP contribution in [-0.2, 0) is 4.74 Å². The first-order chi connectivity index (χ1) is 7.86. The number of likely N-dealkylation sites (N-methyl/N-ethyl adjacent to an activating group) is 1. The lowest BCUT2D eigenvalue weighted by Crippen LogP contribution is -2.46. The minimum absolute atomic E-state index is 0.353. The monoisotopic (exact) mass is 242 g/mol. The van der Waals surface area contributed by atoms with Gasteiger partial charge in [0.25, 0.3) is 0 Å². The molecule has 1 N–H and O–H groups in total. The number of nitrogens with zero attached hydrogens (tertiary/aromatic N) is 1. The summed E-state index contributed by atoms with van der Waals surface area (Å²) in [6.45, 7) is 8.29. The van der Waals surface area contributed by atoms with Crippen LogP contribution < -0.4 is 5.32 Å². The van der Waals surface area contributed by atoms with Crippen LogP contribution in [-0.4, -0.2) is 61.8 Å². The Hall–Kier alpha value is -0.210. The smallest absolute Gasteiger partial charge is 0.0826 e. The van der Waals surface area contributed by atoms with Gasteiger partial charge in [-0.15, -0.1) is 18.2 Å². The maximum Gasteiger partial charge on any atom is 0.0826 e. The lowest BCUT2D eigenvalue weighted by atomic mass is 10.2. The van der Waals surface area contributed by atoms with Crippen LogP contribution in [0.3, 0.4) is 0 Å². The van der Waals surface area contributed by atoms with E-state index >= 15 is 0 Å². The van der Waals surface area contributed by atoms with Crippen molar-refractivity contribution >= 4 is 11.8 Å². The van der Waals surface area contributed by atoms with Crippen LogP contribution in [0.5, 0.6) is 0 Å². The number of nitrogens with one attached hydrogen (secondary N) is 1. The van der Waals surface area contributed by atoms with Crippen LogP contribution in [0.2, 0.25) is 0 Å². The van der Waals surface area contributed by atoms with Gasteiger partial charge in [-0.05, 0) is 6.54 Å². The lowest BCUT2D eigenvalue weighted by Gasteiger charge is -2.32. The molecule has 1 heterocycles. The third-order valence-corrected chi connectivity index (χ3v) is 3.51. The van der Waals surface area contributed by atoms with Crippen molar-refractivity contribution in [1.82, 2.24) is 10.2 Å². The van der Waals surface area contributed by atoms with Crippen molar-refractivity contribution in [3.05, 3.63) is 0 Å². The Morgan fingerprint density at radius 2 is 2.50 bits per heavy atom. The molecule has 0 aromatic rings. The summed E-state index contributed by atoms with van der Waals surface area (Å²) in [5.74, 6) is 4.51. The number of morpholine rings is 1. The average Bonchev–Trinajstić information content (AvgIpc) is 2.34. The molecule has 0 aromatic carbocycles. The van der Waals surface area contributed by atoms with Gasteiger partial charge >= 0.3 is 0 Å². The minimum atomic E-state index is 0.353. The van der Waals surface area contributed by atoms with Gasteiger partial charge in [-0.3, -0.25) is 4.90 Å². The Morgan fingerprint density at radius 3 is 3.25 bits per heavy atom. The largest absolute Gasteiger partial charge is 0.374 e. The zero-order valence-electron chi connectivity index (χ0n) is 10.1. The molecule has 92 valence electrons. The van der Waals surface area contributed by atoms with Crippen LogP contribution >= 0.6 is 11.8 Å². The predicted octanol–water partition coefficient (Wildman–Crippen LogP) is 0.663. The molecule has 1 fully saturated rings. The molecule has 1 rings (SSSR count). The standard InChI is InChI=1S/C12H22N2OS/c1-3-8-16-9-5-13-10-12-11-14(4-2)6-7-15-12/h1,12-13H,4-11H2,2H3. The number of rotatable bonds is 7. The maximum atomic E-state index is 5.69. The summed E-state index contributed by atoms with van der Waals surface area (Å²) in [7, 11) is 0. The lowest BCUT2D eigenvalue weighted by molar-refractivity contribution is -0.0249. The van der Waals surface area contributed by atoms with Gasteiger partial charge < -0.3 is 10.1 Å². The summed E-state index contributed by atoms with van der Waals surface area (Å²) in [6.07, 6.45) is 5.53. The minimum Gasteiger partial charge on any atom is -0.374 e. The molecule has 0 spiro atoms. The van der Waals surface area contributed by atoms with Crippen LogP contribution in [0, 0.1) is 12.3 Å². The molecule has 0 saturated carbocycles. The summed E-state index contributed by atoms with van der Waals surface area (Å²) in [4.78, 5) is 2.43. The van der Waals surface area contributed by atoms with Gasteiger partial charge in [-0.2, -0.15) is 0 Å². The van der Waals surface area contributed by atoms with E-state index in [4.69, 9.17) is 11.2 Å². The molecule has 1 aliphatic rings. The molecule has 1 unspecified atom stereocenters. The topological polar surface area (TPSA) is 24.5 Å². The zero-order chi connectivity index (χ0) is 11.6. The third kappa shape index (κ3) is 5.76. The predicted molar refractivity (Wildman–Crippen MR) is 70.9 cm³/mol. The Balaban J connectivity index is 1.98. The van der Waals surface area contributed by atoms with E-state index < -0.39 is 0 Å². The Bertz CT molecular complexity index is 218. The summed E-state index contributed by atoms with van der Waals surface area (Å²) in [5.41, 5.74) is 0. The van der Waals surface area contributed by atoms with Gasteiger partial charge in [0.05, 0.1) is 18.5 Å². The fraction of sp³-hybridized carbons (Fsp3) is 0.833. The quantitative estimate of drug-likeness (QED) is 0.524. The molecular formula is C12H22N2OS. The highest BCUT2D eigenvalue weighted by Gasteiger charge is 2.18. The number of thioether (sulfide) groups is 1. The zero-order valence-corrected chi connectivity index (χ0v) is 10.9. The molecule has 0 radical (unpaired) electrons. The Labute approximate surface area is 103 Å². The first-order valence-electron chi connectivity index (χ1n) is 5.92. The van der Waals surface area contributed by atoms with Crippen molar-refractivity contribution in [2.45, 2.75) is 13.0 Å². The molecule has 3 nitrogen and oxygen atoms in total. The first kappa shape index (κ1) is 13.9. The summed E-state index contributed by atoms with van der Waals surface area (Å²) in [6, 6.07) is 0. The molecule has 1 saturated heterocycles. The van der Waals surface area contributed by atoms with E-state index in [9.17, 15) is 0 Å². The van der Waals surface area contributed by atoms with E-state index in [1.54, 1.807) is 11.8 Å². The number of terminal acetylenes is 1. The average molecular weight is 242 g/mol. The van der Waals surface area contributed by atoms with Crippen LogP contribution in [0.15, 0.2) is 0 Å². The van der Waals surface area contributed by atoms with Gasteiger partial charge in [0.1, 0.15) is 0 Å². The molecule has 0 bridgehead atoms. The van der Waals surface area contributed by atoms with Crippen LogP contribution in [0.4, 0.5) is 0 Å². The summed E-state index contributed by atoms with van der Waals surface area (Å²) < 4.78 is 5.69. The van der Waals surface area contributed by atoms with Crippen LogP contribution in [0.25, 0.3) is 0 Å². The highest BCUT2D eigenvalue weighted by molar-refractivity contribution is 7.99. The van der Waals surface area contributed by atoms with Crippen LogP contribution in [0.1, 0.15) is 6.92 Å². The maximum absolute atomic E-state index is 5.69. The van der Waals surface area contributed by atoms with E-state index in [1.165, 1.54) is 0 Å². The molecule has 1 aliphatic heterocycles. The Kier molecular flexibility index (Phi) is 7.69. The fourth-order valence-electron chi connectivity index (χ4n) is 1.73. The number of hydrogen-bond acceptors (Lipinski definition) is 4. The van der Waals surface area contributed by atoms with Crippen molar-refractivity contribution in [2.24, 2.45) is 0 Å². The van der Waals surface area contributed by atoms with E-state index in [-0.39, 0.29) is 0 Å². The van der Waals surface area contributed by atoms with Gasteiger partial charge in [-0.1, -0.05) is 12.8 Å². The molecular weight excluding hydrogens is 220 g/mol.